The molecule has 0 radical (unpaired) electrons. The van der Waals surface area contributed by atoms with Crippen LogP contribution in [0.4, 0.5) is 5.69 Å². The van der Waals surface area contributed by atoms with Gasteiger partial charge in [0.05, 0.1) is 0 Å². The first-order valence-corrected chi connectivity index (χ1v) is 6.28. The Morgan fingerprint density at radius 3 is 2.80 bits per heavy atom. The van der Waals surface area contributed by atoms with E-state index < -0.39 is 9.84 Å². The van der Waals surface area contributed by atoms with Crippen molar-refractivity contribution >= 4 is 21.2 Å². The summed E-state index contributed by atoms with van der Waals surface area (Å²) in [5, 5.41) is 7.64. The SMILES string of the molecule is CS(=O)(=O)Cc1nnc2ccc(N)cn12. The van der Waals surface area contributed by atoms with Crippen molar-refractivity contribution in [2.75, 3.05) is 12.0 Å². The van der Waals surface area contributed by atoms with E-state index >= 15 is 0 Å². The monoisotopic (exact) mass is 226 g/mol. The van der Waals surface area contributed by atoms with Crippen LogP contribution in [0.1, 0.15) is 5.82 Å². The van der Waals surface area contributed by atoms with Crippen molar-refractivity contribution in [3.63, 3.8) is 0 Å². The number of pyridine rings is 1. The maximum absolute atomic E-state index is 11.1. The average Bonchev–Trinajstić information content (AvgIpc) is 2.46. The topological polar surface area (TPSA) is 90.3 Å². The second kappa shape index (κ2) is 3.20. The number of nitrogen functional groups attached to an aromatic ring is 1. The van der Waals surface area contributed by atoms with Crippen molar-refractivity contribution in [1.82, 2.24) is 14.6 Å². The Kier molecular flexibility index (Phi) is 2.11. The first-order valence-electron chi connectivity index (χ1n) is 4.22. The summed E-state index contributed by atoms with van der Waals surface area (Å²) in [7, 11) is -3.12. The predicted molar refractivity (Wildman–Crippen MR) is 55.9 cm³/mol. The molecule has 0 saturated carbocycles. The molecule has 0 amide bonds. The van der Waals surface area contributed by atoms with Crippen LogP contribution in [-0.4, -0.2) is 29.3 Å². The van der Waals surface area contributed by atoms with Crippen molar-refractivity contribution < 1.29 is 8.42 Å². The molecule has 80 valence electrons. The van der Waals surface area contributed by atoms with Crippen LogP contribution in [0.25, 0.3) is 5.65 Å². The summed E-state index contributed by atoms with van der Waals surface area (Å²) in [5.41, 5.74) is 6.71. The van der Waals surface area contributed by atoms with E-state index in [2.05, 4.69) is 10.2 Å². The summed E-state index contributed by atoms with van der Waals surface area (Å²) in [4.78, 5) is 0. The van der Waals surface area contributed by atoms with Gasteiger partial charge in [0.1, 0.15) is 5.75 Å². The number of nitrogens with two attached hydrogens (primary N) is 1. The van der Waals surface area contributed by atoms with Crippen LogP contribution in [0, 0.1) is 0 Å². The number of aromatic nitrogens is 3. The molecular weight excluding hydrogens is 216 g/mol. The van der Waals surface area contributed by atoms with Gasteiger partial charge in [-0.05, 0) is 12.1 Å². The lowest BCUT2D eigenvalue weighted by molar-refractivity contribution is 0.599. The van der Waals surface area contributed by atoms with Gasteiger partial charge in [-0.1, -0.05) is 0 Å². The minimum absolute atomic E-state index is 0.141. The van der Waals surface area contributed by atoms with E-state index in [9.17, 15) is 8.42 Å². The molecule has 2 N–H and O–H groups in total. The van der Waals surface area contributed by atoms with E-state index in [1.54, 1.807) is 22.7 Å². The summed E-state index contributed by atoms with van der Waals surface area (Å²) < 4.78 is 23.8. The van der Waals surface area contributed by atoms with Crippen LogP contribution in [-0.2, 0) is 15.6 Å². The van der Waals surface area contributed by atoms with Gasteiger partial charge in [0.2, 0.25) is 0 Å². The first kappa shape index (κ1) is 9.91. The van der Waals surface area contributed by atoms with Crippen LogP contribution < -0.4 is 5.73 Å². The predicted octanol–water partition coefficient (Wildman–Crippen LogP) is -0.144. The van der Waals surface area contributed by atoms with Gasteiger partial charge < -0.3 is 5.73 Å². The molecule has 2 heterocycles. The Labute approximate surface area is 86.7 Å². The molecule has 15 heavy (non-hydrogen) atoms. The molecule has 0 unspecified atom stereocenters. The van der Waals surface area contributed by atoms with E-state index in [0.29, 0.717) is 17.2 Å². The van der Waals surface area contributed by atoms with Crippen LogP contribution in [0.2, 0.25) is 0 Å². The van der Waals surface area contributed by atoms with Gasteiger partial charge in [-0.15, -0.1) is 10.2 Å². The molecule has 0 atom stereocenters. The molecule has 2 aromatic rings. The van der Waals surface area contributed by atoms with Gasteiger partial charge in [-0.25, -0.2) is 8.42 Å². The zero-order chi connectivity index (χ0) is 11.1. The molecule has 0 aliphatic carbocycles. The van der Waals surface area contributed by atoms with Crippen molar-refractivity contribution in [2.24, 2.45) is 0 Å². The van der Waals surface area contributed by atoms with Crippen molar-refractivity contribution in [3.05, 3.63) is 24.2 Å². The minimum atomic E-state index is -3.12. The third-order valence-corrected chi connectivity index (χ3v) is 2.67. The van der Waals surface area contributed by atoms with E-state index in [1.807, 2.05) is 0 Å². The lowest BCUT2D eigenvalue weighted by Gasteiger charge is -1.99. The molecule has 7 heteroatoms. The zero-order valence-corrected chi connectivity index (χ0v) is 8.90. The number of rotatable bonds is 2. The van der Waals surface area contributed by atoms with E-state index in [4.69, 9.17) is 5.73 Å². The van der Waals surface area contributed by atoms with Gasteiger partial charge in [-0.2, -0.15) is 0 Å². The quantitative estimate of drug-likeness (QED) is 0.769. The Bertz CT molecular complexity index is 602. The molecule has 0 aliphatic rings. The van der Waals surface area contributed by atoms with Crippen molar-refractivity contribution in [2.45, 2.75) is 5.75 Å². The third-order valence-electron chi connectivity index (χ3n) is 1.89. The molecular formula is C8H10N4O2S. The fraction of sp³-hybridized carbons (Fsp3) is 0.250. The molecule has 0 aliphatic heterocycles. The molecule has 0 saturated heterocycles. The Morgan fingerprint density at radius 1 is 1.40 bits per heavy atom. The first-order chi connectivity index (χ1) is 6.96. The standard InChI is InChI=1S/C8H10N4O2S/c1-15(13,14)5-8-11-10-7-3-2-6(9)4-12(7)8/h2-4H,5,9H2,1H3. The maximum atomic E-state index is 11.1. The summed E-state index contributed by atoms with van der Waals surface area (Å²) >= 11 is 0. The van der Waals surface area contributed by atoms with E-state index in [1.165, 1.54) is 0 Å². The van der Waals surface area contributed by atoms with Gasteiger partial charge in [0, 0.05) is 18.1 Å². The van der Waals surface area contributed by atoms with Crippen molar-refractivity contribution in [3.8, 4) is 0 Å². The summed E-state index contributed by atoms with van der Waals surface area (Å²) in [6, 6.07) is 3.38. The fourth-order valence-electron chi connectivity index (χ4n) is 1.29. The van der Waals surface area contributed by atoms with Gasteiger partial charge in [0.25, 0.3) is 0 Å². The summed E-state index contributed by atoms with van der Waals surface area (Å²) in [5.74, 6) is 0.234. The van der Waals surface area contributed by atoms with Gasteiger partial charge >= 0.3 is 0 Å². The number of anilines is 1. The second-order valence-electron chi connectivity index (χ2n) is 3.38. The minimum Gasteiger partial charge on any atom is -0.398 e. The molecule has 2 aromatic heterocycles. The largest absolute Gasteiger partial charge is 0.398 e. The lowest BCUT2D eigenvalue weighted by Crippen LogP contribution is -2.05. The van der Waals surface area contributed by atoms with E-state index in [-0.39, 0.29) is 5.75 Å². The van der Waals surface area contributed by atoms with Crippen LogP contribution in [0.3, 0.4) is 0 Å². The highest BCUT2D eigenvalue weighted by atomic mass is 32.2. The molecule has 6 nitrogen and oxygen atoms in total. The Balaban J connectivity index is 2.57. The average molecular weight is 226 g/mol. The lowest BCUT2D eigenvalue weighted by atomic mass is 10.4. The molecule has 0 bridgehead atoms. The normalized spacial score (nSPS) is 12.1. The molecule has 2 rings (SSSR count). The number of fused-ring (bicyclic) bond motifs is 1. The second-order valence-corrected chi connectivity index (χ2v) is 5.52. The molecule has 0 aromatic carbocycles. The summed E-state index contributed by atoms with van der Waals surface area (Å²) in [6.45, 7) is 0. The Hall–Kier alpha value is -1.63. The van der Waals surface area contributed by atoms with Gasteiger partial charge in [0.15, 0.2) is 21.3 Å². The highest BCUT2D eigenvalue weighted by molar-refractivity contribution is 7.89. The number of hydrogen-bond donors (Lipinski definition) is 1. The number of sulfone groups is 1. The zero-order valence-electron chi connectivity index (χ0n) is 8.08. The number of nitrogens with zero attached hydrogens (tertiary/aromatic N) is 3. The maximum Gasteiger partial charge on any atom is 0.160 e. The number of hydrogen-bond acceptors (Lipinski definition) is 5. The molecule has 0 fully saturated rings. The highest BCUT2D eigenvalue weighted by Gasteiger charge is 2.11. The van der Waals surface area contributed by atoms with Crippen LogP contribution >= 0.6 is 0 Å². The highest BCUT2D eigenvalue weighted by Crippen LogP contribution is 2.09. The smallest absolute Gasteiger partial charge is 0.160 e. The van der Waals surface area contributed by atoms with Crippen LogP contribution in [0.15, 0.2) is 18.3 Å². The fourth-order valence-corrected chi connectivity index (χ4v) is 1.95. The third kappa shape index (κ3) is 2.07. The Morgan fingerprint density at radius 2 is 2.13 bits per heavy atom. The van der Waals surface area contributed by atoms with Gasteiger partial charge in [-0.3, -0.25) is 4.40 Å². The summed E-state index contributed by atoms with van der Waals surface area (Å²) in [6.07, 6.45) is 2.76. The van der Waals surface area contributed by atoms with E-state index in [0.717, 1.165) is 6.26 Å². The van der Waals surface area contributed by atoms with Crippen molar-refractivity contribution in [1.29, 1.82) is 0 Å². The molecule has 0 spiro atoms. The van der Waals surface area contributed by atoms with Crippen LogP contribution in [0.5, 0.6) is 0 Å².